The van der Waals surface area contributed by atoms with Gasteiger partial charge in [-0.05, 0) is 29.9 Å². The van der Waals surface area contributed by atoms with E-state index in [1.54, 1.807) is 18.7 Å². The van der Waals surface area contributed by atoms with Gasteiger partial charge in [-0.2, -0.15) is 0 Å². The number of hydrogen-bond acceptors (Lipinski definition) is 4. The number of carbonyl (C=O) groups is 4. The topological polar surface area (TPSA) is 107 Å². The molecule has 30 heavy (non-hydrogen) atoms. The molecule has 0 radical (unpaired) electrons. The zero-order valence-electron chi connectivity index (χ0n) is 17.5. The maximum absolute atomic E-state index is 12.7. The van der Waals surface area contributed by atoms with Crippen molar-refractivity contribution in [2.75, 3.05) is 6.54 Å². The number of aliphatic carboxylic acids is 1. The van der Waals surface area contributed by atoms with Gasteiger partial charge in [0.2, 0.25) is 5.91 Å². The molecule has 0 bridgehead atoms. The summed E-state index contributed by atoms with van der Waals surface area (Å²) in [5.41, 5.74) is 2.21. The lowest BCUT2D eigenvalue weighted by Gasteiger charge is -2.28. The maximum atomic E-state index is 12.7. The molecule has 0 aliphatic carbocycles. The van der Waals surface area contributed by atoms with Crippen LogP contribution in [0.25, 0.3) is 0 Å². The molecular weight excluding hydrogens is 386 g/mol. The number of rotatable bonds is 9. The number of nitrogens with zero attached hydrogens (tertiary/aromatic N) is 2. The molecule has 162 valence electrons. The monoisotopic (exact) mass is 415 g/mol. The first-order valence-electron chi connectivity index (χ1n) is 10.5. The van der Waals surface area contributed by atoms with Crippen LogP contribution in [0.4, 0.5) is 4.79 Å². The van der Waals surface area contributed by atoms with Crippen molar-refractivity contribution in [3.63, 3.8) is 0 Å². The van der Waals surface area contributed by atoms with Gasteiger partial charge in [-0.15, -0.1) is 0 Å². The van der Waals surface area contributed by atoms with Crippen molar-refractivity contribution in [2.24, 2.45) is 5.92 Å². The molecule has 1 aromatic carbocycles. The summed E-state index contributed by atoms with van der Waals surface area (Å²) in [6.45, 7) is 4.29. The number of nitrogens with one attached hydrogen (secondary N) is 1. The summed E-state index contributed by atoms with van der Waals surface area (Å²) in [6.07, 6.45) is 2.64. The molecule has 2 aliphatic rings. The molecule has 1 saturated heterocycles. The smallest absolute Gasteiger partial charge is 0.327 e. The van der Waals surface area contributed by atoms with Crippen molar-refractivity contribution in [2.45, 2.75) is 64.6 Å². The van der Waals surface area contributed by atoms with Crippen molar-refractivity contribution in [1.82, 2.24) is 15.1 Å². The van der Waals surface area contributed by atoms with Gasteiger partial charge < -0.3 is 15.3 Å². The van der Waals surface area contributed by atoms with Gasteiger partial charge in [0.1, 0.15) is 12.1 Å². The molecule has 8 heteroatoms. The number of carboxylic acids is 1. The Balaban J connectivity index is 1.43. The van der Waals surface area contributed by atoms with Crippen LogP contribution >= 0.6 is 0 Å². The van der Waals surface area contributed by atoms with E-state index in [4.69, 9.17) is 5.11 Å². The second-order valence-corrected chi connectivity index (χ2v) is 8.33. The molecule has 3 rings (SSSR count). The number of urea groups is 1. The summed E-state index contributed by atoms with van der Waals surface area (Å²) in [5.74, 6) is -1.67. The average Bonchev–Trinajstić information content (AvgIpc) is 2.93. The lowest BCUT2D eigenvalue weighted by atomic mass is 9.95. The number of hydrogen-bond donors (Lipinski definition) is 2. The number of benzene rings is 1. The Morgan fingerprint density at radius 2 is 1.83 bits per heavy atom. The standard InChI is InChI=1S/C22H29N3O5/c1-14(2)19(21(28)29)23-18(26)10-4-3-7-11-24-20(27)17-12-15-8-5-6-9-16(15)13-25(17)22(24)30/h5-6,8-9,14,17,19H,3-4,7,10-13H2,1-2H3,(H,23,26)(H,28,29)/t17-,19-/m1/s1. The van der Waals surface area contributed by atoms with Crippen LogP contribution in [-0.4, -0.2) is 57.3 Å². The number of carboxylic acid groups (broad SMARTS) is 1. The first kappa shape index (κ1) is 21.8. The van der Waals surface area contributed by atoms with Gasteiger partial charge in [0.25, 0.3) is 5.91 Å². The fraction of sp³-hybridized carbons (Fsp3) is 0.545. The summed E-state index contributed by atoms with van der Waals surface area (Å²) in [7, 11) is 0. The lowest BCUT2D eigenvalue weighted by molar-refractivity contribution is -0.143. The third kappa shape index (κ3) is 4.63. The maximum Gasteiger partial charge on any atom is 0.327 e. The minimum atomic E-state index is -1.04. The van der Waals surface area contributed by atoms with Gasteiger partial charge in [-0.25, -0.2) is 9.59 Å². The van der Waals surface area contributed by atoms with Crippen LogP contribution in [0, 0.1) is 5.92 Å². The molecule has 0 spiro atoms. The van der Waals surface area contributed by atoms with Crippen LogP contribution in [0.3, 0.4) is 0 Å². The Hall–Kier alpha value is -2.90. The van der Waals surface area contributed by atoms with Gasteiger partial charge in [-0.1, -0.05) is 44.5 Å². The molecule has 2 heterocycles. The molecule has 0 aromatic heterocycles. The van der Waals surface area contributed by atoms with Crippen LogP contribution in [0.2, 0.25) is 0 Å². The Morgan fingerprint density at radius 3 is 2.50 bits per heavy atom. The summed E-state index contributed by atoms with van der Waals surface area (Å²) in [6, 6.07) is 6.34. The number of unbranched alkanes of at least 4 members (excludes halogenated alkanes) is 2. The Bertz CT molecular complexity index is 795. The number of fused-ring (bicyclic) bond motifs is 2. The Labute approximate surface area is 176 Å². The minimum Gasteiger partial charge on any atom is -0.480 e. The van der Waals surface area contributed by atoms with E-state index in [9.17, 15) is 19.2 Å². The molecule has 1 aromatic rings. The van der Waals surface area contributed by atoms with Crippen molar-refractivity contribution in [3.05, 3.63) is 35.4 Å². The molecule has 2 aliphatic heterocycles. The third-order valence-electron chi connectivity index (χ3n) is 5.81. The summed E-state index contributed by atoms with van der Waals surface area (Å²) >= 11 is 0. The van der Waals surface area contributed by atoms with Crippen molar-refractivity contribution in [3.8, 4) is 0 Å². The predicted molar refractivity (Wildman–Crippen MR) is 109 cm³/mol. The Morgan fingerprint density at radius 1 is 1.13 bits per heavy atom. The lowest BCUT2D eigenvalue weighted by Crippen LogP contribution is -2.44. The SMILES string of the molecule is CC(C)[C@@H](NC(=O)CCCCCN1C(=O)[C@H]2Cc3ccccc3CN2C1=O)C(=O)O. The van der Waals surface area contributed by atoms with E-state index in [0.29, 0.717) is 38.8 Å². The largest absolute Gasteiger partial charge is 0.480 e. The van der Waals surface area contributed by atoms with Crippen LogP contribution in [0.15, 0.2) is 24.3 Å². The molecule has 2 atom stereocenters. The van der Waals surface area contributed by atoms with E-state index < -0.39 is 18.1 Å². The highest BCUT2D eigenvalue weighted by Gasteiger charge is 2.46. The summed E-state index contributed by atoms with van der Waals surface area (Å²) in [5, 5.41) is 11.7. The van der Waals surface area contributed by atoms with E-state index in [1.807, 2.05) is 24.3 Å². The number of carbonyl (C=O) groups excluding carboxylic acids is 3. The van der Waals surface area contributed by atoms with E-state index in [2.05, 4.69) is 5.32 Å². The summed E-state index contributed by atoms with van der Waals surface area (Å²) in [4.78, 5) is 51.5. The quantitative estimate of drug-likeness (QED) is 0.475. The van der Waals surface area contributed by atoms with Crippen molar-refractivity contribution >= 4 is 23.8 Å². The van der Waals surface area contributed by atoms with Gasteiger partial charge >= 0.3 is 12.0 Å². The highest BCUT2D eigenvalue weighted by molar-refractivity contribution is 6.04. The summed E-state index contributed by atoms with van der Waals surface area (Å²) < 4.78 is 0. The second kappa shape index (κ2) is 9.28. The average molecular weight is 415 g/mol. The van der Waals surface area contributed by atoms with E-state index in [0.717, 1.165) is 11.1 Å². The third-order valence-corrected chi connectivity index (χ3v) is 5.81. The zero-order chi connectivity index (χ0) is 21.8. The molecule has 2 N–H and O–H groups in total. The number of amides is 4. The minimum absolute atomic E-state index is 0.145. The van der Waals surface area contributed by atoms with Gasteiger partial charge in [0.05, 0.1) is 0 Å². The fourth-order valence-corrected chi connectivity index (χ4v) is 4.07. The molecular formula is C22H29N3O5. The highest BCUT2D eigenvalue weighted by atomic mass is 16.4. The zero-order valence-corrected chi connectivity index (χ0v) is 17.5. The van der Waals surface area contributed by atoms with Gasteiger partial charge in [0, 0.05) is 25.9 Å². The van der Waals surface area contributed by atoms with Gasteiger partial charge in [-0.3, -0.25) is 14.5 Å². The Kier molecular flexibility index (Phi) is 6.74. The van der Waals surface area contributed by atoms with Crippen LogP contribution in [-0.2, 0) is 27.3 Å². The second-order valence-electron chi connectivity index (χ2n) is 8.33. The molecule has 1 fully saturated rings. The van der Waals surface area contributed by atoms with Crippen LogP contribution < -0.4 is 5.32 Å². The first-order chi connectivity index (χ1) is 14.3. The van der Waals surface area contributed by atoms with Crippen molar-refractivity contribution in [1.29, 1.82) is 0 Å². The predicted octanol–water partition coefficient (Wildman–Crippen LogP) is 2.16. The van der Waals surface area contributed by atoms with Crippen LogP contribution in [0.5, 0.6) is 0 Å². The fourth-order valence-electron chi connectivity index (χ4n) is 4.07. The van der Waals surface area contributed by atoms with E-state index in [1.165, 1.54) is 4.90 Å². The molecule has 0 saturated carbocycles. The van der Waals surface area contributed by atoms with Crippen molar-refractivity contribution < 1.29 is 24.3 Å². The normalized spacial score (nSPS) is 19.0. The van der Waals surface area contributed by atoms with E-state index >= 15 is 0 Å². The van der Waals surface area contributed by atoms with Crippen LogP contribution in [0.1, 0.15) is 50.7 Å². The van der Waals surface area contributed by atoms with E-state index in [-0.39, 0.29) is 30.2 Å². The molecule has 4 amide bonds. The van der Waals surface area contributed by atoms with Gasteiger partial charge in [0.15, 0.2) is 0 Å². The molecule has 0 unspecified atom stereocenters. The first-order valence-corrected chi connectivity index (χ1v) is 10.5. The number of imide groups is 1. The highest BCUT2D eigenvalue weighted by Crippen LogP contribution is 2.30. The molecule has 8 nitrogen and oxygen atoms in total.